The Morgan fingerprint density at radius 3 is 2.35 bits per heavy atom. The quantitative estimate of drug-likeness (QED) is 0.640. The molecule has 0 aliphatic rings. The van der Waals surface area contributed by atoms with Crippen LogP contribution >= 0.6 is 0 Å². The molecule has 0 radical (unpaired) electrons. The van der Waals surface area contributed by atoms with Crippen molar-refractivity contribution in [2.75, 3.05) is 26.2 Å². The van der Waals surface area contributed by atoms with Gasteiger partial charge in [-0.2, -0.15) is 0 Å². The fourth-order valence-corrected chi connectivity index (χ4v) is 1.89. The molecule has 4 heteroatoms. The molecule has 0 spiro atoms. The lowest BCUT2D eigenvalue weighted by Crippen LogP contribution is -2.60. The van der Waals surface area contributed by atoms with Crippen molar-refractivity contribution in [1.29, 1.82) is 0 Å². The van der Waals surface area contributed by atoms with Gasteiger partial charge in [-0.3, -0.25) is 4.79 Å². The molecule has 1 amide bonds. The minimum atomic E-state index is -0.624. The maximum absolute atomic E-state index is 11.6. The summed E-state index contributed by atoms with van der Waals surface area (Å²) in [4.78, 5) is 13.9. The van der Waals surface area contributed by atoms with Gasteiger partial charge in [-0.25, -0.2) is 0 Å². The van der Waals surface area contributed by atoms with Crippen LogP contribution in [0.1, 0.15) is 41.0 Å². The number of nitrogens with two attached hydrogens (primary N) is 1. The maximum Gasteiger partial charge on any atom is 0.238 e. The average Bonchev–Trinajstić information content (AvgIpc) is 2.24. The van der Waals surface area contributed by atoms with Gasteiger partial charge in [0, 0.05) is 13.1 Å². The van der Waals surface area contributed by atoms with E-state index in [1.165, 1.54) is 0 Å². The van der Waals surface area contributed by atoms with Crippen LogP contribution in [0.2, 0.25) is 0 Å². The average molecular weight is 243 g/mol. The summed E-state index contributed by atoms with van der Waals surface area (Å²) in [5.74, 6) is 0.325. The Labute approximate surface area is 106 Å². The highest BCUT2D eigenvalue weighted by molar-refractivity contribution is 5.84. The lowest BCUT2D eigenvalue weighted by atomic mass is 9.99. The molecule has 0 aromatic carbocycles. The second-order valence-electron chi connectivity index (χ2n) is 5.34. The number of nitrogens with zero attached hydrogens (tertiary/aromatic N) is 1. The normalized spacial score (nSPS) is 15.2. The zero-order chi connectivity index (χ0) is 13.5. The van der Waals surface area contributed by atoms with Crippen LogP contribution in [0.15, 0.2) is 0 Å². The molecule has 0 aromatic heterocycles. The van der Waals surface area contributed by atoms with Crippen LogP contribution in [0.5, 0.6) is 0 Å². The molecule has 0 fully saturated rings. The molecule has 0 heterocycles. The predicted molar refractivity (Wildman–Crippen MR) is 72.8 cm³/mol. The molecule has 0 aliphatic heterocycles. The lowest BCUT2D eigenvalue weighted by molar-refractivity contribution is -0.124. The molecule has 0 saturated heterocycles. The summed E-state index contributed by atoms with van der Waals surface area (Å²) in [6, 6.07) is 0. The standard InChI is InChI=1S/C13H29N3O/c1-6-8-15-13(5,12(14)17)10-16(7-2)9-11(3)4/h11,15H,6-10H2,1-5H3,(H2,14,17). The van der Waals surface area contributed by atoms with E-state index in [2.05, 4.69) is 37.9 Å². The maximum atomic E-state index is 11.6. The van der Waals surface area contributed by atoms with Gasteiger partial charge in [0.25, 0.3) is 0 Å². The number of hydrogen-bond acceptors (Lipinski definition) is 3. The molecule has 17 heavy (non-hydrogen) atoms. The van der Waals surface area contributed by atoms with Crippen LogP contribution < -0.4 is 11.1 Å². The zero-order valence-electron chi connectivity index (χ0n) is 12.0. The molecular formula is C13H29N3O. The predicted octanol–water partition coefficient (Wildman–Crippen LogP) is 1.21. The van der Waals surface area contributed by atoms with Crippen LogP contribution in [-0.4, -0.2) is 42.5 Å². The van der Waals surface area contributed by atoms with Crippen molar-refractivity contribution in [1.82, 2.24) is 10.2 Å². The highest BCUT2D eigenvalue weighted by Gasteiger charge is 2.32. The van der Waals surface area contributed by atoms with Crippen molar-refractivity contribution in [3.63, 3.8) is 0 Å². The van der Waals surface area contributed by atoms with Gasteiger partial charge in [-0.05, 0) is 32.4 Å². The summed E-state index contributed by atoms with van der Waals surface area (Å²) in [7, 11) is 0. The highest BCUT2D eigenvalue weighted by Crippen LogP contribution is 2.09. The summed E-state index contributed by atoms with van der Waals surface area (Å²) in [5.41, 5.74) is 4.89. The van der Waals surface area contributed by atoms with Crippen molar-refractivity contribution in [2.24, 2.45) is 11.7 Å². The van der Waals surface area contributed by atoms with E-state index in [0.29, 0.717) is 12.5 Å². The topological polar surface area (TPSA) is 58.4 Å². The molecule has 3 N–H and O–H groups in total. The van der Waals surface area contributed by atoms with Crippen LogP contribution in [0.4, 0.5) is 0 Å². The first kappa shape index (κ1) is 16.4. The number of amides is 1. The number of carbonyl (C=O) groups excluding carboxylic acids is 1. The van der Waals surface area contributed by atoms with Crippen LogP contribution in [0.25, 0.3) is 0 Å². The SMILES string of the molecule is CCCNC(C)(CN(CC)CC(C)C)C(N)=O. The lowest BCUT2D eigenvalue weighted by Gasteiger charge is -2.34. The number of hydrogen-bond donors (Lipinski definition) is 2. The van der Waals surface area contributed by atoms with Gasteiger partial charge in [0.1, 0.15) is 5.54 Å². The summed E-state index contributed by atoms with van der Waals surface area (Å²) in [6.45, 7) is 13.9. The summed E-state index contributed by atoms with van der Waals surface area (Å²) in [5, 5.41) is 3.27. The number of carbonyl (C=O) groups is 1. The largest absolute Gasteiger partial charge is 0.368 e. The molecule has 0 aliphatic carbocycles. The Morgan fingerprint density at radius 1 is 1.41 bits per heavy atom. The molecule has 0 aromatic rings. The fourth-order valence-electron chi connectivity index (χ4n) is 1.89. The van der Waals surface area contributed by atoms with Gasteiger partial charge in [-0.15, -0.1) is 0 Å². The van der Waals surface area contributed by atoms with E-state index in [-0.39, 0.29) is 5.91 Å². The molecule has 4 nitrogen and oxygen atoms in total. The third-order valence-electron chi connectivity index (χ3n) is 2.92. The second kappa shape index (κ2) is 7.67. The summed E-state index contributed by atoms with van der Waals surface area (Å²) < 4.78 is 0. The second-order valence-corrected chi connectivity index (χ2v) is 5.34. The van der Waals surface area contributed by atoms with Gasteiger partial charge in [0.15, 0.2) is 0 Å². The van der Waals surface area contributed by atoms with E-state index in [9.17, 15) is 4.79 Å². The third kappa shape index (κ3) is 6.03. The van der Waals surface area contributed by atoms with Gasteiger partial charge >= 0.3 is 0 Å². The van der Waals surface area contributed by atoms with E-state index in [1.54, 1.807) is 0 Å². The minimum absolute atomic E-state index is 0.270. The van der Waals surface area contributed by atoms with Crippen molar-refractivity contribution >= 4 is 5.91 Å². The van der Waals surface area contributed by atoms with Crippen LogP contribution in [0, 0.1) is 5.92 Å². The number of nitrogens with one attached hydrogen (secondary N) is 1. The molecule has 0 rings (SSSR count). The number of likely N-dealkylation sites (N-methyl/N-ethyl adjacent to an activating group) is 1. The summed E-state index contributed by atoms with van der Waals surface area (Å²) >= 11 is 0. The smallest absolute Gasteiger partial charge is 0.238 e. The fraction of sp³-hybridized carbons (Fsp3) is 0.923. The molecule has 1 unspecified atom stereocenters. The molecule has 102 valence electrons. The van der Waals surface area contributed by atoms with E-state index < -0.39 is 5.54 Å². The molecular weight excluding hydrogens is 214 g/mol. The minimum Gasteiger partial charge on any atom is -0.368 e. The first-order valence-electron chi connectivity index (χ1n) is 6.63. The van der Waals surface area contributed by atoms with Gasteiger partial charge in [0.05, 0.1) is 0 Å². The van der Waals surface area contributed by atoms with Crippen molar-refractivity contribution in [3.8, 4) is 0 Å². The molecule has 0 bridgehead atoms. The Kier molecular flexibility index (Phi) is 7.39. The van der Waals surface area contributed by atoms with E-state index in [0.717, 1.165) is 26.1 Å². The zero-order valence-corrected chi connectivity index (χ0v) is 12.0. The van der Waals surface area contributed by atoms with E-state index >= 15 is 0 Å². The van der Waals surface area contributed by atoms with Gasteiger partial charge in [0.2, 0.25) is 5.91 Å². The molecule has 1 atom stereocenters. The number of primary amides is 1. The van der Waals surface area contributed by atoms with Crippen molar-refractivity contribution in [3.05, 3.63) is 0 Å². The monoisotopic (exact) mass is 243 g/mol. The van der Waals surface area contributed by atoms with E-state index in [1.807, 2.05) is 6.92 Å². The number of rotatable bonds is 9. The Hall–Kier alpha value is -0.610. The Balaban J connectivity index is 4.54. The first-order valence-corrected chi connectivity index (χ1v) is 6.63. The van der Waals surface area contributed by atoms with E-state index in [4.69, 9.17) is 5.73 Å². The van der Waals surface area contributed by atoms with Crippen molar-refractivity contribution < 1.29 is 4.79 Å². The van der Waals surface area contributed by atoms with Gasteiger partial charge < -0.3 is 16.0 Å². The highest BCUT2D eigenvalue weighted by atomic mass is 16.1. The van der Waals surface area contributed by atoms with Crippen LogP contribution in [-0.2, 0) is 4.79 Å². The summed E-state index contributed by atoms with van der Waals surface area (Å²) in [6.07, 6.45) is 0.999. The molecule has 0 saturated carbocycles. The third-order valence-corrected chi connectivity index (χ3v) is 2.92. The van der Waals surface area contributed by atoms with Gasteiger partial charge in [-0.1, -0.05) is 27.7 Å². The Morgan fingerprint density at radius 2 is 2.00 bits per heavy atom. The first-order chi connectivity index (χ1) is 7.85. The Bertz CT molecular complexity index is 231. The van der Waals surface area contributed by atoms with Crippen molar-refractivity contribution in [2.45, 2.75) is 46.6 Å². The van der Waals surface area contributed by atoms with Crippen LogP contribution in [0.3, 0.4) is 0 Å².